The van der Waals surface area contributed by atoms with Crippen LogP contribution in [0.2, 0.25) is 0 Å². The first-order valence-electron chi connectivity index (χ1n) is 11.5. The fourth-order valence-corrected chi connectivity index (χ4v) is 6.53. The number of hydrogen-bond acceptors (Lipinski definition) is 4. The lowest BCUT2D eigenvalue weighted by Gasteiger charge is -2.49. The number of hydrogen-bond donors (Lipinski definition) is 1. The topological polar surface area (TPSA) is 62.8 Å². The smallest absolute Gasteiger partial charge is 0.115 e. The first-order valence-corrected chi connectivity index (χ1v) is 11.5. The molecule has 0 bridgehead atoms. The predicted octanol–water partition coefficient (Wildman–Crippen LogP) is 5.33. The van der Waals surface area contributed by atoms with Gasteiger partial charge in [0.25, 0.3) is 0 Å². The molecule has 2 saturated carbocycles. The Hall–Kier alpha value is -2.43. The molecule has 0 unspecified atom stereocenters. The van der Waals surface area contributed by atoms with E-state index in [0.717, 1.165) is 37.4 Å². The Balaban J connectivity index is 1.36. The van der Waals surface area contributed by atoms with Crippen LogP contribution in [0.25, 0.3) is 0 Å². The van der Waals surface area contributed by atoms with E-state index in [4.69, 9.17) is 5.10 Å². The lowest BCUT2D eigenvalue weighted by atomic mass is 9.55. The summed E-state index contributed by atoms with van der Waals surface area (Å²) in [6.45, 7) is 5.50. The van der Waals surface area contributed by atoms with Crippen molar-refractivity contribution in [3.05, 3.63) is 47.3 Å². The van der Waals surface area contributed by atoms with Crippen molar-refractivity contribution in [2.75, 3.05) is 0 Å². The highest BCUT2D eigenvalue weighted by atomic mass is 16.3. The summed E-state index contributed by atoms with van der Waals surface area (Å²) in [7, 11) is 0. The maximum atomic E-state index is 9.87. The van der Waals surface area contributed by atoms with Crippen LogP contribution in [-0.2, 0) is 13.0 Å². The zero-order valence-electron chi connectivity index (χ0n) is 18.1. The lowest BCUT2D eigenvalue weighted by molar-refractivity contribution is 0.0955. The van der Waals surface area contributed by atoms with Crippen LogP contribution < -0.4 is 0 Å². The molecule has 2 fully saturated rings. The highest BCUT2D eigenvalue weighted by Gasteiger charge is 2.53. The van der Waals surface area contributed by atoms with Crippen molar-refractivity contribution in [1.82, 2.24) is 9.78 Å². The van der Waals surface area contributed by atoms with Crippen LogP contribution in [0.15, 0.2) is 40.7 Å². The molecule has 158 valence electrons. The number of benzene rings is 1. The van der Waals surface area contributed by atoms with Crippen molar-refractivity contribution < 1.29 is 5.11 Å². The molecule has 0 amide bonds. The highest BCUT2D eigenvalue weighted by Crippen LogP contribution is 2.60. The van der Waals surface area contributed by atoms with Crippen LogP contribution in [0, 0.1) is 17.3 Å². The summed E-state index contributed by atoms with van der Waals surface area (Å²) < 4.78 is 1.99. The average molecular weight is 405 g/mol. The fourth-order valence-electron chi connectivity index (χ4n) is 6.53. The van der Waals surface area contributed by atoms with Crippen molar-refractivity contribution in [1.29, 1.82) is 0 Å². The largest absolute Gasteiger partial charge is 0.508 e. The number of aryl methyl sites for hydroxylation is 2. The molecular formula is C25H32N4O. The molecule has 2 aromatic rings. The summed E-state index contributed by atoms with van der Waals surface area (Å²) in [5, 5.41) is 23.5. The van der Waals surface area contributed by atoms with Crippen molar-refractivity contribution in [2.24, 2.45) is 27.5 Å². The quantitative estimate of drug-likeness (QED) is 0.553. The summed E-state index contributed by atoms with van der Waals surface area (Å²) in [5.74, 6) is 2.46. The van der Waals surface area contributed by atoms with E-state index in [0.29, 0.717) is 17.6 Å². The number of phenolic OH excluding ortho intramolecular Hbond substituents is 1. The average Bonchev–Trinajstić information content (AvgIpc) is 3.32. The van der Waals surface area contributed by atoms with Crippen molar-refractivity contribution in [3.63, 3.8) is 0 Å². The van der Waals surface area contributed by atoms with E-state index in [1.165, 1.54) is 42.5 Å². The van der Waals surface area contributed by atoms with Crippen LogP contribution in [0.1, 0.15) is 75.1 Å². The first-order chi connectivity index (χ1) is 14.6. The standard InChI is InChI=1S/C25H32N4O/c1-3-14-29-18(11-13-27-29)16-26-28-24-9-8-23-22-6-4-17-15-19(30)5-7-20(17)21(22)10-12-25(23,24)2/h5,7,11,13,15-16,21-23,30H,3-4,6,8-10,12,14H2,1-2H3/b26-16-,28-24-/t21-,22-,23+,25+/m0/s1. The Labute approximate surface area is 178 Å². The summed E-state index contributed by atoms with van der Waals surface area (Å²) in [4.78, 5) is 0. The van der Waals surface area contributed by atoms with Gasteiger partial charge in [0.2, 0.25) is 0 Å². The molecular weight excluding hydrogens is 372 g/mol. The molecule has 1 aromatic heterocycles. The van der Waals surface area contributed by atoms with Gasteiger partial charge in [0.1, 0.15) is 5.75 Å². The van der Waals surface area contributed by atoms with Gasteiger partial charge in [-0.15, -0.1) is 0 Å². The third-order valence-corrected chi connectivity index (χ3v) is 8.00. The second-order valence-electron chi connectivity index (χ2n) is 9.56. The minimum Gasteiger partial charge on any atom is -0.508 e. The summed E-state index contributed by atoms with van der Waals surface area (Å²) in [6.07, 6.45) is 11.8. The minimum absolute atomic E-state index is 0.177. The SMILES string of the molecule is CCCn1nccc1/C=N\N=C1\CC[C@@H]2[C@H]3CCc4cc(O)ccc4[C@@H]3CC[C@@]12C. The Morgan fingerprint density at radius 2 is 2.13 bits per heavy atom. The van der Waals surface area contributed by atoms with E-state index >= 15 is 0 Å². The molecule has 0 radical (unpaired) electrons. The maximum absolute atomic E-state index is 9.87. The van der Waals surface area contributed by atoms with Gasteiger partial charge in [0.05, 0.1) is 11.9 Å². The van der Waals surface area contributed by atoms with Gasteiger partial charge >= 0.3 is 0 Å². The zero-order chi connectivity index (χ0) is 20.7. The molecule has 5 heteroatoms. The van der Waals surface area contributed by atoms with Gasteiger partial charge in [-0.3, -0.25) is 4.68 Å². The molecule has 3 aliphatic rings. The van der Waals surface area contributed by atoms with Crippen molar-refractivity contribution in [2.45, 2.75) is 71.3 Å². The molecule has 30 heavy (non-hydrogen) atoms. The minimum atomic E-state index is 0.177. The molecule has 0 saturated heterocycles. The van der Waals surface area contributed by atoms with E-state index in [2.05, 4.69) is 30.1 Å². The van der Waals surface area contributed by atoms with Crippen LogP contribution in [0.5, 0.6) is 5.75 Å². The van der Waals surface area contributed by atoms with Crippen molar-refractivity contribution >= 4 is 11.9 Å². The second-order valence-corrected chi connectivity index (χ2v) is 9.56. The van der Waals surface area contributed by atoms with Crippen LogP contribution in [-0.4, -0.2) is 26.8 Å². The third kappa shape index (κ3) is 3.19. The fraction of sp³-hybridized carbons (Fsp3) is 0.560. The molecule has 5 rings (SSSR count). The highest BCUT2D eigenvalue weighted by molar-refractivity contribution is 5.93. The molecule has 3 aliphatic carbocycles. The Morgan fingerprint density at radius 3 is 3.00 bits per heavy atom. The van der Waals surface area contributed by atoms with Gasteiger partial charge in [-0.1, -0.05) is 19.9 Å². The number of aromatic hydroxyl groups is 1. The van der Waals surface area contributed by atoms with Gasteiger partial charge in [-0.2, -0.15) is 15.3 Å². The number of fused-ring (bicyclic) bond motifs is 5. The van der Waals surface area contributed by atoms with Gasteiger partial charge < -0.3 is 5.11 Å². The summed E-state index contributed by atoms with van der Waals surface area (Å²) in [6, 6.07) is 8.03. The second kappa shape index (κ2) is 7.68. The molecule has 5 nitrogen and oxygen atoms in total. The van der Waals surface area contributed by atoms with Gasteiger partial charge in [0.15, 0.2) is 0 Å². The molecule has 1 N–H and O–H groups in total. The van der Waals surface area contributed by atoms with E-state index < -0.39 is 0 Å². The monoisotopic (exact) mass is 404 g/mol. The van der Waals surface area contributed by atoms with E-state index in [9.17, 15) is 5.11 Å². The normalized spacial score (nSPS) is 31.7. The lowest BCUT2D eigenvalue weighted by Crippen LogP contribution is -2.42. The predicted molar refractivity (Wildman–Crippen MR) is 120 cm³/mol. The van der Waals surface area contributed by atoms with Crippen LogP contribution in [0.4, 0.5) is 0 Å². The van der Waals surface area contributed by atoms with Gasteiger partial charge in [-0.05, 0) is 92.0 Å². The van der Waals surface area contributed by atoms with E-state index in [-0.39, 0.29) is 5.41 Å². The Bertz CT molecular complexity index is 991. The maximum Gasteiger partial charge on any atom is 0.115 e. The number of rotatable bonds is 4. The molecule has 4 atom stereocenters. The Kier molecular flexibility index (Phi) is 5.00. The van der Waals surface area contributed by atoms with Gasteiger partial charge in [0, 0.05) is 23.9 Å². The number of phenols is 1. The molecule has 0 spiro atoms. The van der Waals surface area contributed by atoms with Gasteiger partial charge in [-0.25, -0.2) is 0 Å². The summed E-state index contributed by atoms with van der Waals surface area (Å²) in [5.41, 5.74) is 5.34. The van der Waals surface area contributed by atoms with E-state index in [1.54, 1.807) is 0 Å². The first kappa shape index (κ1) is 19.5. The number of aromatic nitrogens is 2. The third-order valence-electron chi connectivity index (χ3n) is 8.00. The van der Waals surface area contributed by atoms with Crippen LogP contribution in [0.3, 0.4) is 0 Å². The summed E-state index contributed by atoms with van der Waals surface area (Å²) >= 11 is 0. The molecule has 1 aromatic carbocycles. The Morgan fingerprint density at radius 1 is 1.23 bits per heavy atom. The van der Waals surface area contributed by atoms with Crippen LogP contribution >= 0.6 is 0 Å². The van der Waals surface area contributed by atoms with Crippen molar-refractivity contribution in [3.8, 4) is 5.75 Å². The molecule has 1 heterocycles. The van der Waals surface area contributed by atoms with E-state index in [1.807, 2.05) is 35.3 Å². The molecule has 0 aliphatic heterocycles. The number of nitrogens with zero attached hydrogens (tertiary/aromatic N) is 4. The zero-order valence-corrected chi connectivity index (χ0v) is 18.1.